The summed E-state index contributed by atoms with van der Waals surface area (Å²) in [5, 5.41) is 6.25. The van der Waals surface area contributed by atoms with Crippen molar-refractivity contribution in [3.63, 3.8) is 0 Å². The monoisotopic (exact) mass is 318 g/mol. The van der Waals surface area contributed by atoms with Crippen molar-refractivity contribution in [2.45, 2.75) is 39.3 Å². The highest BCUT2D eigenvalue weighted by Gasteiger charge is 2.19. The van der Waals surface area contributed by atoms with Crippen molar-refractivity contribution in [1.29, 1.82) is 0 Å². The third kappa shape index (κ3) is 5.09. The Hall–Kier alpha value is -2.37. The summed E-state index contributed by atoms with van der Waals surface area (Å²) in [4.78, 5) is 8.38. The maximum Gasteiger partial charge on any atom is 0.213 e. The molecule has 0 radical (unpaired) electrons. The summed E-state index contributed by atoms with van der Waals surface area (Å²) in [5.41, 5.74) is 0.779. The van der Waals surface area contributed by atoms with Gasteiger partial charge in [-0.1, -0.05) is 32.9 Å². The van der Waals surface area contributed by atoms with Crippen molar-refractivity contribution in [2.75, 3.05) is 7.05 Å². The zero-order valence-electron chi connectivity index (χ0n) is 14.0. The Balaban J connectivity index is 1.87. The predicted octanol–water partition coefficient (Wildman–Crippen LogP) is 2.98. The SMILES string of the molecule is CN=C(NCc1cccc(F)c1)NCc1ncc(C(C)(C)C)o1. The average Bonchev–Trinajstić information content (AvgIpc) is 2.96. The van der Waals surface area contributed by atoms with Crippen LogP contribution in [-0.4, -0.2) is 18.0 Å². The minimum atomic E-state index is -0.248. The predicted molar refractivity (Wildman–Crippen MR) is 88.6 cm³/mol. The van der Waals surface area contributed by atoms with Gasteiger partial charge in [0.2, 0.25) is 5.89 Å². The first kappa shape index (κ1) is 17.0. The highest BCUT2D eigenvalue weighted by Crippen LogP contribution is 2.22. The summed E-state index contributed by atoms with van der Waals surface area (Å²) >= 11 is 0. The van der Waals surface area contributed by atoms with Gasteiger partial charge in [-0.05, 0) is 17.7 Å². The van der Waals surface area contributed by atoms with Crippen molar-refractivity contribution < 1.29 is 8.81 Å². The molecular formula is C17H23FN4O. The van der Waals surface area contributed by atoms with E-state index in [0.29, 0.717) is 24.9 Å². The number of benzene rings is 1. The lowest BCUT2D eigenvalue weighted by Gasteiger charge is -2.13. The van der Waals surface area contributed by atoms with Crippen molar-refractivity contribution in [3.8, 4) is 0 Å². The van der Waals surface area contributed by atoms with E-state index in [1.54, 1.807) is 19.3 Å². The quantitative estimate of drug-likeness (QED) is 0.672. The molecule has 0 saturated carbocycles. The Morgan fingerprint density at radius 3 is 2.61 bits per heavy atom. The fraction of sp³-hybridized carbons (Fsp3) is 0.412. The molecular weight excluding hydrogens is 295 g/mol. The Labute approximate surface area is 136 Å². The lowest BCUT2D eigenvalue weighted by Crippen LogP contribution is -2.36. The first-order valence-corrected chi connectivity index (χ1v) is 7.52. The lowest BCUT2D eigenvalue weighted by atomic mass is 9.94. The molecule has 1 aromatic carbocycles. The smallest absolute Gasteiger partial charge is 0.213 e. The van der Waals surface area contributed by atoms with Crippen LogP contribution in [0.4, 0.5) is 4.39 Å². The molecule has 1 aromatic heterocycles. The van der Waals surface area contributed by atoms with Gasteiger partial charge in [-0.3, -0.25) is 4.99 Å². The third-order valence-electron chi connectivity index (χ3n) is 3.27. The summed E-state index contributed by atoms with van der Waals surface area (Å²) in [6.45, 7) is 7.13. The van der Waals surface area contributed by atoms with E-state index in [4.69, 9.17) is 4.42 Å². The Bertz CT molecular complexity index is 673. The van der Waals surface area contributed by atoms with E-state index < -0.39 is 0 Å². The standard InChI is InChI=1S/C17H23FN4O/c1-17(2,3)14-10-20-15(23-14)11-22-16(19-4)21-9-12-6-5-7-13(18)8-12/h5-8,10H,9,11H2,1-4H3,(H2,19,21,22). The number of nitrogens with zero attached hydrogens (tertiary/aromatic N) is 2. The van der Waals surface area contributed by atoms with Crippen LogP contribution in [0.1, 0.15) is 38.0 Å². The van der Waals surface area contributed by atoms with Crippen LogP contribution in [0.2, 0.25) is 0 Å². The van der Waals surface area contributed by atoms with Crippen molar-refractivity contribution in [2.24, 2.45) is 4.99 Å². The number of oxazole rings is 1. The van der Waals surface area contributed by atoms with Gasteiger partial charge in [-0.15, -0.1) is 0 Å². The number of hydrogen-bond acceptors (Lipinski definition) is 3. The molecule has 6 heteroatoms. The van der Waals surface area contributed by atoms with Crippen LogP contribution >= 0.6 is 0 Å². The van der Waals surface area contributed by atoms with E-state index >= 15 is 0 Å². The molecule has 5 nitrogen and oxygen atoms in total. The molecule has 23 heavy (non-hydrogen) atoms. The molecule has 0 bridgehead atoms. The summed E-state index contributed by atoms with van der Waals surface area (Å²) in [6.07, 6.45) is 1.75. The maximum atomic E-state index is 13.1. The molecule has 0 aliphatic carbocycles. The van der Waals surface area contributed by atoms with Crippen molar-refractivity contribution >= 4 is 5.96 Å². The summed E-state index contributed by atoms with van der Waals surface area (Å²) in [5.74, 6) is 1.80. The van der Waals surface area contributed by atoms with Crippen LogP contribution in [0.25, 0.3) is 0 Å². The lowest BCUT2D eigenvalue weighted by molar-refractivity contribution is 0.379. The number of nitrogens with one attached hydrogen (secondary N) is 2. The van der Waals surface area contributed by atoms with Gasteiger partial charge < -0.3 is 15.1 Å². The molecule has 0 aliphatic heterocycles. The minimum Gasteiger partial charge on any atom is -0.443 e. The van der Waals surface area contributed by atoms with E-state index in [-0.39, 0.29) is 11.2 Å². The van der Waals surface area contributed by atoms with E-state index in [1.807, 2.05) is 6.07 Å². The molecule has 1 heterocycles. The summed E-state index contributed by atoms with van der Waals surface area (Å²) in [7, 11) is 1.68. The number of aliphatic imine (C=N–C) groups is 1. The second kappa shape index (κ2) is 7.26. The number of guanidine groups is 1. The van der Waals surface area contributed by atoms with Gasteiger partial charge in [0.15, 0.2) is 5.96 Å². The normalized spacial score (nSPS) is 12.3. The van der Waals surface area contributed by atoms with Gasteiger partial charge in [0.25, 0.3) is 0 Å². The molecule has 2 N–H and O–H groups in total. The molecule has 0 atom stereocenters. The number of hydrogen-bond donors (Lipinski definition) is 2. The van der Waals surface area contributed by atoms with Crippen LogP contribution in [0.5, 0.6) is 0 Å². The van der Waals surface area contributed by atoms with E-state index in [9.17, 15) is 4.39 Å². The van der Waals surface area contributed by atoms with Crippen LogP contribution < -0.4 is 10.6 Å². The fourth-order valence-corrected chi connectivity index (χ4v) is 1.95. The first-order valence-electron chi connectivity index (χ1n) is 7.52. The molecule has 0 aliphatic rings. The van der Waals surface area contributed by atoms with E-state index in [0.717, 1.165) is 11.3 Å². The van der Waals surface area contributed by atoms with Gasteiger partial charge in [0.1, 0.15) is 11.6 Å². The number of rotatable bonds is 4. The largest absolute Gasteiger partial charge is 0.443 e. The molecule has 0 unspecified atom stereocenters. The van der Waals surface area contributed by atoms with Gasteiger partial charge >= 0.3 is 0 Å². The zero-order valence-corrected chi connectivity index (χ0v) is 14.0. The Morgan fingerprint density at radius 1 is 1.26 bits per heavy atom. The second-order valence-corrected chi connectivity index (χ2v) is 6.28. The molecule has 0 saturated heterocycles. The van der Waals surface area contributed by atoms with E-state index in [1.165, 1.54) is 12.1 Å². The minimum absolute atomic E-state index is 0.0669. The fourth-order valence-electron chi connectivity index (χ4n) is 1.95. The highest BCUT2D eigenvalue weighted by atomic mass is 19.1. The molecule has 0 amide bonds. The Kier molecular flexibility index (Phi) is 5.36. The average molecular weight is 318 g/mol. The topological polar surface area (TPSA) is 62.5 Å². The molecule has 0 fully saturated rings. The van der Waals surface area contributed by atoms with Crippen LogP contribution in [0.15, 0.2) is 39.9 Å². The maximum absolute atomic E-state index is 13.1. The Morgan fingerprint density at radius 2 is 2.00 bits per heavy atom. The van der Waals surface area contributed by atoms with Gasteiger partial charge in [0, 0.05) is 19.0 Å². The van der Waals surface area contributed by atoms with Crippen molar-refractivity contribution in [1.82, 2.24) is 15.6 Å². The number of halogens is 1. The molecule has 2 aromatic rings. The molecule has 2 rings (SSSR count). The van der Waals surface area contributed by atoms with E-state index in [2.05, 4.69) is 41.4 Å². The van der Waals surface area contributed by atoms with Gasteiger partial charge in [0.05, 0.1) is 12.7 Å². The van der Waals surface area contributed by atoms with Crippen molar-refractivity contribution in [3.05, 3.63) is 53.5 Å². The third-order valence-corrected chi connectivity index (χ3v) is 3.27. The highest BCUT2D eigenvalue weighted by molar-refractivity contribution is 5.79. The summed E-state index contributed by atoms with van der Waals surface area (Å²) < 4.78 is 18.9. The van der Waals surface area contributed by atoms with Crippen LogP contribution in [0, 0.1) is 5.82 Å². The molecule has 124 valence electrons. The number of aromatic nitrogens is 1. The zero-order chi connectivity index (χ0) is 16.9. The second-order valence-electron chi connectivity index (χ2n) is 6.28. The van der Waals surface area contributed by atoms with Gasteiger partial charge in [-0.2, -0.15) is 0 Å². The first-order chi connectivity index (χ1) is 10.9. The van der Waals surface area contributed by atoms with Crippen LogP contribution in [-0.2, 0) is 18.5 Å². The van der Waals surface area contributed by atoms with Gasteiger partial charge in [-0.25, -0.2) is 9.37 Å². The molecule has 0 spiro atoms. The summed E-state index contributed by atoms with van der Waals surface area (Å²) in [6, 6.07) is 6.45. The van der Waals surface area contributed by atoms with Crippen LogP contribution in [0.3, 0.4) is 0 Å².